The van der Waals surface area contributed by atoms with Gasteiger partial charge in [0.2, 0.25) is 5.95 Å². The van der Waals surface area contributed by atoms with Crippen LogP contribution in [0.25, 0.3) is 11.0 Å². The molecule has 0 bridgehead atoms. The van der Waals surface area contributed by atoms with Crippen molar-refractivity contribution in [2.45, 2.75) is 6.54 Å². The van der Waals surface area contributed by atoms with E-state index < -0.39 is 0 Å². The second-order valence-corrected chi connectivity index (χ2v) is 5.29. The number of benzene rings is 2. The van der Waals surface area contributed by atoms with Gasteiger partial charge in [-0.15, -0.1) is 0 Å². The third-order valence-electron chi connectivity index (χ3n) is 3.07. The van der Waals surface area contributed by atoms with Gasteiger partial charge in [0.15, 0.2) is 0 Å². The van der Waals surface area contributed by atoms with Crippen molar-refractivity contribution < 1.29 is 8.78 Å². The second-order valence-electron chi connectivity index (χ2n) is 4.44. The molecule has 2 N–H and O–H groups in total. The van der Waals surface area contributed by atoms with E-state index in [4.69, 9.17) is 5.73 Å². The van der Waals surface area contributed by atoms with Crippen molar-refractivity contribution in [3.8, 4) is 0 Å². The summed E-state index contributed by atoms with van der Waals surface area (Å²) in [5, 5.41) is 0. The fourth-order valence-electron chi connectivity index (χ4n) is 2.08. The molecule has 20 heavy (non-hydrogen) atoms. The maximum Gasteiger partial charge on any atom is 0.201 e. The van der Waals surface area contributed by atoms with Gasteiger partial charge >= 0.3 is 0 Å². The molecule has 0 amide bonds. The summed E-state index contributed by atoms with van der Waals surface area (Å²) >= 11 is 3.12. The van der Waals surface area contributed by atoms with Gasteiger partial charge in [0.1, 0.15) is 11.6 Å². The minimum atomic E-state index is -0.377. The van der Waals surface area contributed by atoms with Crippen molar-refractivity contribution in [3.05, 3.63) is 58.1 Å². The first-order valence-corrected chi connectivity index (χ1v) is 6.69. The fourth-order valence-corrected chi connectivity index (χ4v) is 2.41. The first-order valence-electron chi connectivity index (χ1n) is 5.90. The van der Waals surface area contributed by atoms with E-state index in [-0.39, 0.29) is 11.6 Å². The molecule has 0 unspecified atom stereocenters. The van der Waals surface area contributed by atoms with Crippen LogP contribution in [0.15, 0.2) is 40.9 Å². The maximum absolute atomic E-state index is 13.7. The Morgan fingerprint density at radius 3 is 2.55 bits per heavy atom. The van der Waals surface area contributed by atoms with E-state index in [0.717, 1.165) is 5.56 Å². The first kappa shape index (κ1) is 13.1. The molecule has 0 radical (unpaired) electrons. The van der Waals surface area contributed by atoms with E-state index in [0.29, 0.717) is 28.0 Å². The molecule has 1 heterocycles. The molecule has 2 aromatic carbocycles. The molecule has 0 fully saturated rings. The van der Waals surface area contributed by atoms with Crippen LogP contribution >= 0.6 is 15.9 Å². The van der Waals surface area contributed by atoms with Gasteiger partial charge in [-0.1, -0.05) is 12.1 Å². The summed E-state index contributed by atoms with van der Waals surface area (Å²) in [5.41, 5.74) is 7.95. The molecule has 1 aromatic heterocycles. The Labute approximate surface area is 122 Å². The molecule has 3 rings (SSSR count). The first-order chi connectivity index (χ1) is 9.54. The monoisotopic (exact) mass is 337 g/mol. The van der Waals surface area contributed by atoms with Gasteiger partial charge in [0.25, 0.3) is 0 Å². The number of nitrogens with zero attached hydrogens (tertiary/aromatic N) is 2. The van der Waals surface area contributed by atoms with Crippen LogP contribution in [0.3, 0.4) is 0 Å². The highest BCUT2D eigenvalue weighted by atomic mass is 79.9. The number of anilines is 1. The Bertz CT molecular complexity index is 781. The third kappa shape index (κ3) is 2.27. The Hall–Kier alpha value is -1.95. The Morgan fingerprint density at radius 1 is 1.15 bits per heavy atom. The number of hydrogen-bond acceptors (Lipinski definition) is 2. The number of rotatable bonds is 2. The average Bonchev–Trinajstić information content (AvgIpc) is 2.69. The molecule has 3 nitrogen and oxygen atoms in total. The lowest BCUT2D eigenvalue weighted by Crippen LogP contribution is -2.04. The molecule has 0 saturated heterocycles. The van der Waals surface area contributed by atoms with Gasteiger partial charge in [0.05, 0.1) is 22.1 Å². The summed E-state index contributed by atoms with van der Waals surface area (Å²) in [6, 6.07) is 9.05. The Kier molecular flexibility index (Phi) is 3.17. The minimum Gasteiger partial charge on any atom is -0.369 e. The van der Waals surface area contributed by atoms with Crippen LogP contribution in [0.1, 0.15) is 5.56 Å². The highest BCUT2D eigenvalue weighted by molar-refractivity contribution is 9.10. The second kappa shape index (κ2) is 4.86. The summed E-state index contributed by atoms with van der Waals surface area (Å²) in [4.78, 5) is 4.20. The third-order valence-corrected chi connectivity index (χ3v) is 3.68. The van der Waals surface area contributed by atoms with Crippen molar-refractivity contribution in [2.24, 2.45) is 0 Å². The predicted molar refractivity (Wildman–Crippen MR) is 77.3 cm³/mol. The van der Waals surface area contributed by atoms with E-state index in [1.807, 2.05) is 0 Å². The van der Waals surface area contributed by atoms with Crippen LogP contribution < -0.4 is 5.73 Å². The smallest absolute Gasteiger partial charge is 0.201 e. The fraction of sp³-hybridized carbons (Fsp3) is 0.0714. The summed E-state index contributed by atoms with van der Waals surface area (Å²) in [5.74, 6) is -0.383. The van der Waals surface area contributed by atoms with E-state index in [2.05, 4.69) is 20.9 Å². The van der Waals surface area contributed by atoms with E-state index in [1.54, 1.807) is 22.8 Å². The number of aromatic nitrogens is 2. The molecule has 0 saturated carbocycles. The van der Waals surface area contributed by atoms with Gasteiger partial charge in [-0.3, -0.25) is 0 Å². The highest BCUT2D eigenvalue weighted by Crippen LogP contribution is 2.25. The molecule has 0 aliphatic carbocycles. The van der Waals surface area contributed by atoms with Crippen molar-refractivity contribution >= 4 is 32.9 Å². The normalized spacial score (nSPS) is 11.2. The van der Waals surface area contributed by atoms with Crippen LogP contribution in [0.2, 0.25) is 0 Å². The lowest BCUT2D eigenvalue weighted by molar-refractivity contribution is 0.622. The number of halogens is 3. The van der Waals surface area contributed by atoms with Gasteiger partial charge in [-0.25, -0.2) is 13.8 Å². The summed E-state index contributed by atoms with van der Waals surface area (Å²) < 4.78 is 28.6. The maximum atomic E-state index is 13.7. The number of imidazole rings is 1. The van der Waals surface area contributed by atoms with Crippen molar-refractivity contribution in [1.29, 1.82) is 0 Å². The summed E-state index contributed by atoms with van der Waals surface area (Å²) in [6.07, 6.45) is 0. The molecule has 0 atom stereocenters. The lowest BCUT2D eigenvalue weighted by atomic mass is 10.2. The average molecular weight is 338 g/mol. The molecule has 3 aromatic rings. The Balaban J connectivity index is 2.08. The van der Waals surface area contributed by atoms with Gasteiger partial charge in [-0.2, -0.15) is 0 Å². The van der Waals surface area contributed by atoms with Crippen LogP contribution in [-0.4, -0.2) is 9.55 Å². The van der Waals surface area contributed by atoms with Gasteiger partial charge in [-0.05, 0) is 39.7 Å². The van der Waals surface area contributed by atoms with Crippen molar-refractivity contribution in [1.82, 2.24) is 9.55 Å². The molecule has 0 aliphatic rings. The van der Waals surface area contributed by atoms with Crippen molar-refractivity contribution in [2.75, 3.05) is 5.73 Å². The standard InChI is InChI=1S/C14H10BrF2N3/c15-10-5-12-13(6-11(10)17)20(14(18)19-12)7-8-1-3-9(16)4-2-8/h1-6H,7H2,(H2,18,19). The topological polar surface area (TPSA) is 43.8 Å². The quantitative estimate of drug-likeness (QED) is 0.774. The zero-order chi connectivity index (χ0) is 14.3. The largest absolute Gasteiger partial charge is 0.369 e. The summed E-state index contributed by atoms with van der Waals surface area (Å²) in [6.45, 7) is 0.406. The number of hydrogen-bond donors (Lipinski definition) is 1. The SMILES string of the molecule is Nc1nc2cc(Br)c(F)cc2n1Cc1ccc(F)cc1. The lowest BCUT2D eigenvalue weighted by Gasteiger charge is -2.07. The predicted octanol–water partition coefficient (Wildman–Crippen LogP) is 3.71. The van der Waals surface area contributed by atoms with E-state index >= 15 is 0 Å². The molecule has 0 spiro atoms. The van der Waals surface area contributed by atoms with E-state index in [9.17, 15) is 8.78 Å². The number of fused-ring (bicyclic) bond motifs is 1. The van der Waals surface area contributed by atoms with E-state index in [1.165, 1.54) is 18.2 Å². The Morgan fingerprint density at radius 2 is 1.85 bits per heavy atom. The van der Waals surface area contributed by atoms with Crippen LogP contribution in [-0.2, 0) is 6.54 Å². The molecule has 0 aliphatic heterocycles. The molecule has 6 heteroatoms. The van der Waals surface area contributed by atoms with Crippen molar-refractivity contribution in [3.63, 3.8) is 0 Å². The highest BCUT2D eigenvalue weighted by Gasteiger charge is 2.12. The summed E-state index contributed by atoms with van der Waals surface area (Å²) in [7, 11) is 0. The zero-order valence-corrected chi connectivity index (χ0v) is 11.9. The van der Waals surface area contributed by atoms with Gasteiger partial charge < -0.3 is 10.3 Å². The molecular formula is C14H10BrF2N3. The number of nitrogens with two attached hydrogens (primary N) is 1. The minimum absolute atomic E-state index is 0.293. The van der Waals surface area contributed by atoms with Gasteiger partial charge in [0, 0.05) is 6.07 Å². The molecular weight excluding hydrogens is 328 g/mol. The number of nitrogen functional groups attached to an aromatic ring is 1. The molecule has 102 valence electrons. The van der Waals surface area contributed by atoms with Crippen LogP contribution in [0.4, 0.5) is 14.7 Å². The van der Waals surface area contributed by atoms with Crippen LogP contribution in [0.5, 0.6) is 0 Å². The van der Waals surface area contributed by atoms with Crippen LogP contribution in [0, 0.1) is 11.6 Å². The zero-order valence-electron chi connectivity index (χ0n) is 10.3.